The lowest BCUT2D eigenvalue weighted by atomic mass is 9.97. The molecule has 0 saturated carbocycles. The Kier molecular flexibility index (Phi) is 4.85. The molecule has 0 amide bonds. The molecule has 1 aromatic carbocycles. The van der Waals surface area contributed by atoms with Gasteiger partial charge in [0.05, 0.1) is 0 Å². The Morgan fingerprint density at radius 3 is 2.86 bits per heavy atom. The number of aryl methyl sites for hydroxylation is 1. The zero-order valence-corrected chi connectivity index (χ0v) is 12.9. The number of hydrogen-bond donors (Lipinski definition) is 2. The van der Waals surface area contributed by atoms with Gasteiger partial charge in [0, 0.05) is 25.4 Å². The van der Waals surface area contributed by atoms with Crippen LogP contribution in [0.3, 0.4) is 0 Å². The molecule has 1 aromatic rings. The summed E-state index contributed by atoms with van der Waals surface area (Å²) in [6.45, 7) is 2.35. The highest BCUT2D eigenvalue weighted by Gasteiger charge is 2.32. The lowest BCUT2D eigenvalue weighted by molar-refractivity contribution is 0.202. The monoisotopic (exact) mass is 316 g/mol. The Hall–Kier alpha value is -1.18. The van der Waals surface area contributed by atoms with E-state index in [0.717, 1.165) is 12.5 Å². The van der Waals surface area contributed by atoms with Crippen molar-refractivity contribution in [3.63, 3.8) is 0 Å². The number of nitrogens with two attached hydrogens (primary N) is 1. The molecule has 2 rings (SSSR count). The second-order valence-electron chi connectivity index (χ2n) is 5.52. The number of nitrogen functional groups attached to an aromatic ring is 1. The fourth-order valence-corrected chi connectivity index (χ4v) is 4.30. The molecule has 1 fully saturated rings. The summed E-state index contributed by atoms with van der Waals surface area (Å²) >= 11 is 0. The van der Waals surface area contributed by atoms with E-state index in [1.54, 1.807) is 6.92 Å². The maximum Gasteiger partial charge on any atom is 0.246 e. The van der Waals surface area contributed by atoms with Gasteiger partial charge in [-0.2, -0.15) is 4.31 Å². The molecule has 0 spiro atoms. The van der Waals surface area contributed by atoms with Crippen LogP contribution in [0.4, 0.5) is 10.1 Å². The van der Waals surface area contributed by atoms with Crippen LogP contribution in [0, 0.1) is 18.7 Å². The van der Waals surface area contributed by atoms with Gasteiger partial charge >= 0.3 is 0 Å². The van der Waals surface area contributed by atoms with Crippen LogP contribution in [0.5, 0.6) is 0 Å². The minimum Gasteiger partial charge on any atom is -0.398 e. The summed E-state index contributed by atoms with van der Waals surface area (Å²) in [4.78, 5) is -0.366. The van der Waals surface area contributed by atoms with Crippen LogP contribution in [-0.2, 0) is 10.0 Å². The molecule has 0 aliphatic carbocycles. The fraction of sp³-hybridized carbons (Fsp3) is 0.571. The zero-order valence-electron chi connectivity index (χ0n) is 12.0. The zero-order chi connectivity index (χ0) is 15.6. The first-order valence-corrected chi connectivity index (χ1v) is 8.47. The molecular weight excluding hydrogens is 295 g/mol. The van der Waals surface area contributed by atoms with Crippen molar-refractivity contribution in [2.45, 2.75) is 31.1 Å². The number of sulfonamides is 1. The van der Waals surface area contributed by atoms with Gasteiger partial charge in [0.2, 0.25) is 10.0 Å². The number of anilines is 1. The quantitative estimate of drug-likeness (QED) is 0.825. The predicted octanol–water partition coefficient (Wildman–Crippen LogP) is 1.50. The van der Waals surface area contributed by atoms with Gasteiger partial charge in [0.15, 0.2) is 0 Å². The van der Waals surface area contributed by atoms with E-state index in [4.69, 9.17) is 10.8 Å². The molecule has 7 heteroatoms. The third-order valence-electron chi connectivity index (χ3n) is 3.96. The van der Waals surface area contributed by atoms with Crippen LogP contribution >= 0.6 is 0 Å². The molecule has 1 aliphatic heterocycles. The predicted molar refractivity (Wildman–Crippen MR) is 78.7 cm³/mol. The molecule has 1 saturated heterocycles. The average Bonchev–Trinajstić information content (AvgIpc) is 2.43. The average molecular weight is 316 g/mol. The molecule has 0 aromatic heterocycles. The van der Waals surface area contributed by atoms with Crippen LogP contribution in [0.2, 0.25) is 0 Å². The molecule has 1 aliphatic rings. The second-order valence-corrected chi connectivity index (χ2v) is 7.43. The first kappa shape index (κ1) is 16.2. The van der Waals surface area contributed by atoms with Gasteiger partial charge in [0.25, 0.3) is 0 Å². The third kappa shape index (κ3) is 3.36. The summed E-state index contributed by atoms with van der Waals surface area (Å²) in [7, 11) is -3.89. The Morgan fingerprint density at radius 2 is 2.19 bits per heavy atom. The van der Waals surface area contributed by atoms with Gasteiger partial charge < -0.3 is 10.8 Å². The van der Waals surface area contributed by atoms with E-state index in [2.05, 4.69) is 0 Å². The summed E-state index contributed by atoms with van der Waals surface area (Å²) in [5.41, 5.74) is 6.49. The standard InChI is InChI=1S/C14H21FN2O3S/c1-10-7-12(15)14(8-13(10)16)21(19,20)17-5-2-3-11(9-17)4-6-18/h7-8,11,18H,2-6,9,16H2,1H3. The Labute approximate surface area is 124 Å². The molecule has 0 bridgehead atoms. The second kappa shape index (κ2) is 6.29. The molecule has 21 heavy (non-hydrogen) atoms. The van der Waals surface area contributed by atoms with Crippen LogP contribution in [0.25, 0.3) is 0 Å². The highest BCUT2D eigenvalue weighted by atomic mass is 32.2. The van der Waals surface area contributed by atoms with Crippen molar-refractivity contribution in [3.8, 4) is 0 Å². The van der Waals surface area contributed by atoms with E-state index in [1.165, 1.54) is 10.4 Å². The fourth-order valence-electron chi connectivity index (χ4n) is 2.67. The number of nitrogens with zero attached hydrogens (tertiary/aromatic N) is 1. The van der Waals surface area contributed by atoms with Crippen molar-refractivity contribution in [2.24, 2.45) is 5.92 Å². The number of aliphatic hydroxyl groups is 1. The van der Waals surface area contributed by atoms with Gasteiger partial charge in [-0.05, 0) is 49.8 Å². The van der Waals surface area contributed by atoms with Crippen molar-refractivity contribution < 1.29 is 17.9 Å². The molecular formula is C14H21FN2O3S. The number of aliphatic hydroxyl groups excluding tert-OH is 1. The number of rotatable bonds is 4. The van der Waals surface area contributed by atoms with Gasteiger partial charge in [-0.1, -0.05) is 0 Å². The van der Waals surface area contributed by atoms with Crippen LogP contribution in [0.1, 0.15) is 24.8 Å². The Morgan fingerprint density at radius 1 is 1.48 bits per heavy atom. The van der Waals surface area contributed by atoms with E-state index >= 15 is 0 Å². The van der Waals surface area contributed by atoms with E-state index in [9.17, 15) is 12.8 Å². The lowest BCUT2D eigenvalue weighted by Gasteiger charge is -2.31. The third-order valence-corrected chi connectivity index (χ3v) is 5.84. The van der Waals surface area contributed by atoms with Crippen molar-refractivity contribution in [3.05, 3.63) is 23.5 Å². The number of halogens is 1. The molecule has 5 nitrogen and oxygen atoms in total. The first-order valence-electron chi connectivity index (χ1n) is 7.03. The lowest BCUT2D eigenvalue weighted by Crippen LogP contribution is -2.40. The molecule has 118 valence electrons. The van der Waals surface area contributed by atoms with Crippen molar-refractivity contribution in [1.82, 2.24) is 4.31 Å². The number of hydrogen-bond acceptors (Lipinski definition) is 4. The van der Waals surface area contributed by atoms with Crippen LogP contribution < -0.4 is 5.73 Å². The van der Waals surface area contributed by atoms with Crippen LogP contribution in [0.15, 0.2) is 17.0 Å². The normalized spacial score (nSPS) is 20.6. The molecule has 1 heterocycles. The minimum absolute atomic E-state index is 0.0321. The van der Waals surface area contributed by atoms with E-state index in [1.807, 2.05) is 0 Å². The highest BCUT2D eigenvalue weighted by molar-refractivity contribution is 7.89. The maximum atomic E-state index is 14.0. The van der Waals surface area contributed by atoms with Gasteiger partial charge in [-0.15, -0.1) is 0 Å². The summed E-state index contributed by atoms with van der Waals surface area (Å²) in [5, 5.41) is 8.99. The van der Waals surface area contributed by atoms with Crippen molar-refractivity contribution in [1.29, 1.82) is 0 Å². The van der Waals surface area contributed by atoms with Gasteiger partial charge in [-0.3, -0.25) is 0 Å². The summed E-state index contributed by atoms with van der Waals surface area (Å²) in [6.07, 6.45) is 2.16. The topological polar surface area (TPSA) is 83.6 Å². The van der Waals surface area contributed by atoms with Gasteiger partial charge in [0.1, 0.15) is 10.7 Å². The summed E-state index contributed by atoms with van der Waals surface area (Å²) in [6, 6.07) is 2.34. The van der Waals surface area contributed by atoms with E-state index in [-0.39, 0.29) is 23.1 Å². The molecule has 1 atom stereocenters. The largest absolute Gasteiger partial charge is 0.398 e. The van der Waals surface area contributed by atoms with Gasteiger partial charge in [-0.25, -0.2) is 12.8 Å². The molecule has 0 radical (unpaired) electrons. The summed E-state index contributed by atoms with van der Waals surface area (Å²) in [5.74, 6) is -0.657. The molecule has 3 N–H and O–H groups in total. The first-order chi connectivity index (χ1) is 9.86. The van der Waals surface area contributed by atoms with E-state index < -0.39 is 15.8 Å². The maximum absolute atomic E-state index is 14.0. The van der Waals surface area contributed by atoms with Crippen molar-refractivity contribution >= 4 is 15.7 Å². The van der Waals surface area contributed by atoms with Crippen molar-refractivity contribution in [2.75, 3.05) is 25.4 Å². The Bertz CT molecular complexity index is 617. The minimum atomic E-state index is -3.89. The SMILES string of the molecule is Cc1cc(F)c(S(=O)(=O)N2CCCC(CCO)C2)cc1N. The smallest absolute Gasteiger partial charge is 0.246 e. The highest BCUT2D eigenvalue weighted by Crippen LogP contribution is 2.28. The van der Waals surface area contributed by atoms with Crippen LogP contribution in [-0.4, -0.2) is 37.5 Å². The Balaban J connectivity index is 2.31. The van der Waals surface area contributed by atoms with E-state index in [0.29, 0.717) is 31.5 Å². The number of piperidine rings is 1. The number of benzene rings is 1. The summed E-state index contributed by atoms with van der Waals surface area (Å²) < 4.78 is 40.5. The molecule has 1 unspecified atom stereocenters.